The van der Waals surface area contributed by atoms with E-state index in [1.54, 1.807) is 18.2 Å². The Kier molecular flexibility index (Phi) is 2.61. The van der Waals surface area contributed by atoms with E-state index in [9.17, 15) is 20.0 Å². The fraction of sp³-hybridized carbons (Fsp3) is 0. The summed E-state index contributed by atoms with van der Waals surface area (Å²) in [6, 6.07) is 13.8. The first-order valence-electron chi connectivity index (χ1n) is 5.92. The summed E-state index contributed by atoms with van der Waals surface area (Å²) in [5, 5.41) is 23.2. The molecule has 0 unspecified atom stereocenters. The zero-order valence-electron chi connectivity index (χ0n) is 10.2. The highest BCUT2D eigenvalue weighted by molar-refractivity contribution is 6.15. The van der Waals surface area contributed by atoms with Crippen LogP contribution in [0.3, 0.4) is 0 Å². The molecule has 0 bridgehead atoms. The maximum absolute atomic E-state index is 11.4. The second-order valence-corrected chi connectivity index (χ2v) is 4.40. The second kappa shape index (κ2) is 4.31. The Balaban J connectivity index is 2.52. The van der Waals surface area contributed by atoms with Crippen molar-refractivity contribution in [2.75, 3.05) is 0 Å². The smallest absolute Gasteiger partial charge is 0.343 e. The lowest BCUT2D eigenvalue weighted by molar-refractivity contribution is -0.385. The summed E-state index contributed by atoms with van der Waals surface area (Å²) in [5.41, 5.74) is -0.654. The number of rotatable bonds is 2. The van der Waals surface area contributed by atoms with Crippen LogP contribution in [0.1, 0.15) is 10.4 Å². The number of fused-ring (bicyclic) bond motifs is 3. The van der Waals surface area contributed by atoms with Crippen LogP contribution in [0.4, 0.5) is 5.69 Å². The van der Waals surface area contributed by atoms with Crippen LogP contribution in [0.15, 0.2) is 48.5 Å². The van der Waals surface area contributed by atoms with Crippen molar-refractivity contribution in [3.63, 3.8) is 0 Å². The second-order valence-electron chi connectivity index (χ2n) is 4.40. The Morgan fingerprint density at radius 3 is 2.35 bits per heavy atom. The molecule has 0 amide bonds. The number of carbonyl (C=O) groups is 1. The average Bonchev–Trinajstić information content (AvgIpc) is 2.45. The monoisotopic (exact) mass is 267 g/mol. The summed E-state index contributed by atoms with van der Waals surface area (Å²) in [6.45, 7) is 0. The molecule has 0 aliphatic carbocycles. The van der Waals surface area contributed by atoms with E-state index in [4.69, 9.17) is 0 Å². The first-order valence-corrected chi connectivity index (χ1v) is 5.92. The molecule has 0 fully saturated rings. The van der Waals surface area contributed by atoms with Gasteiger partial charge in [0.05, 0.1) is 4.92 Å². The highest BCUT2D eigenvalue weighted by atomic mass is 16.6. The molecule has 0 atom stereocenters. The minimum Gasteiger partial charge on any atom is -0.477 e. The lowest BCUT2D eigenvalue weighted by atomic mass is 9.97. The summed E-state index contributed by atoms with van der Waals surface area (Å²) < 4.78 is 0. The third-order valence-corrected chi connectivity index (χ3v) is 3.31. The maximum Gasteiger partial charge on any atom is 0.343 e. The fourth-order valence-electron chi connectivity index (χ4n) is 2.45. The van der Waals surface area contributed by atoms with E-state index in [0.717, 1.165) is 10.8 Å². The number of benzene rings is 3. The Bertz CT molecular complexity index is 870. The Labute approximate surface area is 113 Å². The summed E-state index contributed by atoms with van der Waals surface area (Å²) >= 11 is 0. The van der Waals surface area contributed by atoms with E-state index in [1.807, 2.05) is 24.3 Å². The van der Waals surface area contributed by atoms with Crippen molar-refractivity contribution in [2.45, 2.75) is 0 Å². The molecule has 0 saturated carbocycles. The normalized spacial score (nSPS) is 10.8. The van der Waals surface area contributed by atoms with Gasteiger partial charge < -0.3 is 5.11 Å². The minimum absolute atomic E-state index is 0.266. The van der Waals surface area contributed by atoms with E-state index in [2.05, 4.69) is 0 Å². The number of nitro benzene ring substituents is 1. The van der Waals surface area contributed by atoms with Crippen molar-refractivity contribution in [2.24, 2.45) is 0 Å². The third kappa shape index (κ3) is 1.68. The zero-order chi connectivity index (χ0) is 14.3. The van der Waals surface area contributed by atoms with Crippen molar-refractivity contribution >= 4 is 33.2 Å². The van der Waals surface area contributed by atoms with Gasteiger partial charge in [0.25, 0.3) is 5.69 Å². The molecule has 5 heteroatoms. The molecule has 5 nitrogen and oxygen atoms in total. The molecule has 0 spiro atoms. The van der Waals surface area contributed by atoms with Gasteiger partial charge in [0.2, 0.25) is 0 Å². The Hall–Kier alpha value is -2.95. The number of carboxylic acid groups (broad SMARTS) is 1. The fourth-order valence-corrected chi connectivity index (χ4v) is 2.45. The van der Waals surface area contributed by atoms with Crippen LogP contribution in [0.2, 0.25) is 0 Å². The highest BCUT2D eigenvalue weighted by Gasteiger charge is 2.23. The molecule has 3 aromatic rings. The number of hydrogen-bond donors (Lipinski definition) is 1. The molecule has 0 aliphatic rings. The number of aromatic carboxylic acids is 1. The van der Waals surface area contributed by atoms with Gasteiger partial charge in [-0.3, -0.25) is 10.1 Å². The van der Waals surface area contributed by atoms with Gasteiger partial charge in [0.1, 0.15) is 5.56 Å². The van der Waals surface area contributed by atoms with Crippen molar-refractivity contribution < 1.29 is 14.8 Å². The van der Waals surface area contributed by atoms with Gasteiger partial charge in [-0.15, -0.1) is 0 Å². The molecule has 0 aliphatic heterocycles. The summed E-state index contributed by atoms with van der Waals surface area (Å²) in [6.07, 6.45) is 0. The summed E-state index contributed by atoms with van der Waals surface area (Å²) in [4.78, 5) is 21.7. The SMILES string of the molecule is O=C(O)c1c([N+](=O)[O-])ccc2c1ccc1ccccc12. The van der Waals surface area contributed by atoms with Gasteiger partial charge >= 0.3 is 5.97 Å². The van der Waals surface area contributed by atoms with Gasteiger partial charge in [0.15, 0.2) is 0 Å². The van der Waals surface area contributed by atoms with E-state index < -0.39 is 10.9 Å². The molecular formula is C15H9NO4. The zero-order valence-corrected chi connectivity index (χ0v) is 10.2. The van der Waals surface area contributed by atoms with Gasteiger partial charge in [-0.05, 0) is 22.2 Å². The molecule has 98 valence electrons. The molecule has 20 heavy (non-hydrogen) atoms. The van der Waals surface area contributed by atoms with Crippen molar-refractivity contribution in [1.82, 2.24) is 0 Å². The minimum atomic E-state index is -1.29. The molecule has 3 rings (SSSR count). The van der Waals surface area contributed by atoms with E-state index >= 15 is 0 Å². The first-order chi connectivity index (χ1) is 9.59. The topological polar surface area (TPSA) is 80.4 Å². The summed E-state index contributed by atoms with van der Waals surface area (Å²) in [5.74, 6) is -1.29. The van der Waals surface area contributed by atoms with E-state index in [1.165, 1.54) is 6.07 Å². The quantitative estimate of drug-likeness (QED) is 0.437. The Morgan fingerprint density at radius 1 is 0.950 bits per heavy atom. The maximum atomic E-state index is 11.4. The molecule has 3 aromatic carbocycles. The van der Waals surface area contributed by atoms with Crippen LogP contribution < -0.4 is 0 Å². The van der Waals surface area contributed by atoms with Gasteiger partial charge in [-0.2, -0.15) is 0 Å². The van der Waals surface area contributed by atoms with Gasteiger partial charge in [-0.25, -0.2) is 4.79 Å². The van der Waals surface area contributed by atoms with E-state index in [-0.39, 0.29) is 11.3 Å². The molecule has 0 radical (unpaired) electrons. The Morgan fingerprint density at radius 2 is 1.65 bits per heavy atom. The lowest BCUT2D eigenvalue weighted by Crippen LogP contribution is -2.03. The van der Waals surface area contributed by atoms with E-state index in [0.29, 0.717) is 10.8 Å². The van der Waals surface area contributed by atoms with Gasteiger partial charge in [-0.1, -0.05) is 36.4 Å². The van der Waals surface area contributed by atoms with Crippen LogP contribution in [-0.4, -0.2) is 16.0 Å². The van der Waals surface area contributed by atoms with Crippen molar-refractivity contribution in [3.8, 4) is 0 Å². The molecule has 1 N–H and O–H groups in total. The number of carboxylic acids is 1. The third-order valence-electron chi connectivity index (χ3n) is 3.31. The molecule has 0 aromatic heterocycles. The predicted octanol–water partition coefficient (Wildman–Crippen LogP) is 3.60. The number of nitrogens with zero attached hydrogens (tertiary/aromatic N) is 1. The molecule has 0 saturated heterocycles. The van der Waals surface area contributed by atoms with Crippen LogP contribution >= 0.6 is 0 Å². The van der Waals surface area contributed by atoms with Crippen molar-refractivity contribution in [3.05, 3.63) is 64.2 Å². The number of nitro groups is 1. The van der Waals surface area contributed by atoms with Crippen LogP contribution in [0.5, 0.6) is 0 Å². The average molecular weight is 267 g/mol. The van der Waals surface area contributed by atoms with Crippen LogP contribution in [0, 0.1) is 10.1 Å². The molecule has 0 heterocycles. The van der Waals surface area contributed by atoms with Crippen molar-refractivity contribution in [1.29, 1.82) is 0 Å². The number of hydrogen-bond acceptors (Lipinski definition) is 3. The standard InChI is InChI=1S/C15H9NO4/c17-15(18)14-12-6-5-9-3-1-2-4-10(9)11(12)7-8-13(14)16(19)20/h1-8H,(H,17,18). The molecular weight excluding hydrogens is 258 g/mol. The van der Waals surface area contributed by atoms with Gasteiger partial charge in [0, 0.05) is 11.5 Å². The first kappa shape index (κ1) is 12.1. The predicted molar refractivity (Wildman–Crippen MR) is 75.1 cm³/mol. The lowest BCUT2D eigenvalue weighted by Gasteiger charge is -2.07. The summed E-state index contributed by atoms with van der Waals surface area (Å²) in [7, 11) is 0. The van der Waals surface area contributed by atoms with Crippen LogP contribution in [-0.2, 0) is 0 Å². The van der Waals surface area contributed by atoms with Crippen LogP contribution in [0.25, 0.3) is 21.5 Å². The highest BCUT2D eigenvalue weighted by Crippen LogP contribution is 2.32. The largest absolute Gasteiger partial charge is 0.477 e.